The molecule has 34 heavy (non-hydrogen) atoms. The lowest BCUT2D eigenvalue weighted by Gasteiger charge is -2.46. The number of esters is 2. The highest BCUT2D eigenvalue weighted by Gasteiger charge is 2.58. The molecule has 10 heteroatoms. The van der Waals surface area contributed by atoms with Crippen LogP contribution in [0.1, 0.15) is 92.9 Å². The third kappa shape index (κ3) is 7.52. The number of carbonyl (C=O) groups excluding carboxylic acids is 2. The van der Waals surface area contributed by atoms with E-state index in [1.54, 1.807) is 0 Å². The molecule has 0 saturated heterocycles. The van der Waals surface area contributed by atoms with Gasteiger partial charge in [-0.1, -0.05) is 41.0 Å². The molecule has 0 radical (unpaired) electrons. The van der Waals surface area contributed by atoms with Gasteiger partial charge < -0.3 is 14.6 Å². The third-order valence-corrected chi connectivity index (χ3v) is 6.98. The molecule has 0 spiro atoms. The second-order valence-electron chi connectivity index (χ2n) is 11.1. The van der Waals surface area contributed by atoms with Crippen LogP contribution in [-0.4, -0.2) is 47.5 Å². The first-order valence-electron chi connectivity index (χ1n) is 11.8. The van der Waals surface area contributed by atoms with Crippen LogP contribution < -0.4 is 0 Å². The number of aliphatic hydroxyl groups is 1. The Morgan fingerprint density at radius 1 is 0.971 bits per heavy atom. The summed E-state index contributed by atoms with van der Waals surface area (Å²) in [6.07, 6.45) is -4.47. The minimum atomic E-state index is -5.83. The quantitative estimate of drug-likeness (QED) is 0.284. The molecule has 0 aromatic rings. The summed E-state index contributed by atoms with van der Waals surface area (Å²) in [5.41, 5.74) is -2.55. The van der Waals surface area contributed by atoms with E-state index in [0.29, 0.717) is 32.1 Å². The van der Waals surface area contributed by atoms with Crippen molar-refractivity contribution in [3.8, 4) is 0 Å². The van der Waals surface area contributed by atoms with Crippen molar-refractivity contribution in [2.45, 2.75) is 117 Å². The summed E-state index contributed by atoms with van der Waals surface area (Å²) in [6.45, 7) is 9.52. The van der Waals surface area contributed by atoms with E-state index in [4.69, 9.17) is 4.74 Å². The summed E-state index contributed by atoms with van der Waals surface area (Å²) < 4.78 is 72.8. The molecule has 0 heterocycles. The summed E-state index contributed by atoms with van der Waals surface area (Å²) in [5, 5.41) is 10.9. The average molecular weight is 503 g/mol. The Bertz CT molecular complexity index is 693. The van der Waals surface area contributed by atoms with E-state index in [1.807, 2.05) is 41.5 Å². The van der Waals surface area contributed by atoms with E-state index in [9.17, 15) is 36.6 Å². The zero-order chi connectivity index (χ0) is 26.6. The Morgan fingerprint density at radius 2 is 1.50 bits per heavy atom. The van der Waals surface area contributed by atoms with Crippen LogP contribution >= 0.6 is 0 Å². The summed E-state index contributed by atoms with van der Waals surface area (Å²) in [7, 11) is 0. The van der Waals surface area contributed by atoms with Gasteiger partial charge in [0.05, 0.1) is 11.5 Å². The van der Waals surface area contributed by atoms with E-state index in [-0.39, 0.29) is 12.3 Å². The molecular formula is C24H39F5O5. The Hall–Kier alpha value is -1.45. The Morgan fingerprint density at radius 3 is 1.94 bits per heavy atom. The van der Waals surface area contributed by atoms with Crippen LogP contribution in [0.4, 0.5) is 22.0 Å². The molecule has 0 amide bonds. The first kappa shape index (κ1) is 30.6. The first-order chi connectivity index (χ1) is 15.3. The highest BCUT2D eigenvalue weighted by atomic mass is 19.4. The smallest absolute Gasteiger partial charge is 0.456 e. The lowest BCUT2D eigenvalue weighted by atomic mass is 9.64. The molecule has 5 nitrogen and oxygen atoms in total. The van der Waals surface area contributed by atoms with Crippen molar-refractivity contribution >= 4 is 11.9 Å². The van der Waals surface area contributed by atoms with Crippen molar-refractivity contribution < 1.29 is 46.1 Å². The van der Waals surface area contributed by atoms with E-state index in [1.165, 1.54) is 0 Å². The second kappa shape index (κ2) is 11.1. The molecule has 1 rings (SSSR count). The number of aliphatic hydroxyl groups excluding tert-OH is 1. The van der Waals surface area contributed by atoms with Crippen LogP contribution in [0.5, 0.6) is 0 Å². The largest absolute Gasteiger partial charge is 0.459 e. The standard InChI is InChI=1S/C24H39F5O5/c1-16(2)14-21(6,20(3,4)5)19(32)34-22(12-8-7-9-13-22)17(30)10-11-18(31)33-15-23(25,26)24(27,28)29/h16-17,30H,7-15H2,1-6H3. The van der Waals surface area contributed by atoms with Crippen LogP contribution in [0.15, 0.2) is 0 Å². The highest BCUT2D eigenvalue weighted by molar-refractivity contribution is 5.78. The molecule has 0 aliphatic heterocycles. The SMILES string of the molecule is CC(C)CC(C)(C(=O)OC1(C(O)CCC(=O)OCC(F)(F)C(F)(F)F)CCCCC1)C(C)(C)C. The highest BCUT2D eigenvalue weighted by Crippen LogP contribution is 2.47. The Balaban J connectivity index is 2.93. The maximum absolute atomic E-state index is 13.5. The normalized spacial score (nSPS) is 19.9. The third-order valence-electron chi connectivity index (χ3n) is 6.98. The fourth-order valence-corrected chi connectivity index (χ4v) is 4.31. The molecule has 1 saturated carbocycles. The fourth-order valence-electron chi connectivity index (χ4n) is 4.31. The molecule has 0 bridgehead atoms. The van der Waals surface area contributed by atoms with Gasteiger partial charge in [-0.3, -0.25) is 9.59 Å². The van der Waals surface area contributed by atoms with Crippen molar-refractivity contribution in [2.24, 2.45) is 16.7 Å². The minimum Gasteiger partial charge on any atom is -0.459 e. The molecule has 2 unspecified atom stereocenters. The average Bonchev–Trinajstić information content (AvgIpc) is 2.68. The lowest BCUT2D eigenvalue weighted by molar-refractivity contribution is -0.294. The van der Waals surface area contributed by atoms with Crippen molar-refractivity contribution in [1.29, 1.82) is 0 Å². The molecular weight excluding hydrogens is 463 g/mol. The molecule has 1 aliphatic rings. The first-order valence-corrected chi connectivity index (χ1v) is 11.8. The molecule has 1 aliphatic carbocycles. The van der Waals surface area contributed by atoms with Crippen LogP contribution in [0.2, 0.25) is 0 Å². The van der Waals surface area contributed by atoms with Gasteiger partial charge in [-0.05, 0) is 56.8 Å². The van der Waals surface area contributed by atoms with Crippen molar-refractivity contribution in [3.05, 3.63) is 0 Å². The van der Waals surface area contributed by atoms with Crippen LogP contribution in [-0.2, 0) is 19.1 Å². The topological polar surface area (TPSA) is 72.8 Å². The Kier molecular flexibility index (Phi) is 9.97. The zero-order valence-electron chi connectivity index (χ0n) is 21.0. The number of alkyl halides is 5. The predicted octanol–water partition coefficient (Wildman–Crippen LogP) is 6.21. The van der Waals surface area contributed by atoms with Crippen molar-refractivity contribution in [3.63, 3.8) is 0 Å². The second-order valence-corrected chi connectivity index (χ2v) is 11.1. The van der Waals surface area contributed by atoms with Crippen LogP contribution in [0.25, 0.3) is 0 Å². The predicted molar refractivity (Wildman–Crippen MR) is 116 cm³/mol. The van der Waals surface area contributed by atoms with E-state index < -0.39 is 59.6 Å². The number of hydrogen-bond donors (Lipinski definition) is 1. The molecule has 1 N–H and O–H groups in total. The number of rotatable bonds is 10. The maximum atomic E-state index is 13.5. The number of ether oxygens (including phenoxy) is 2. The molecule has 2 atom stereocenters. The minimum absolute atomic E-state index is 0.202. The number of carbonyl (C=O) groups is 2. The van der Waals surface area contributed by atoms with Gasteiger partial charge in [0.15, 0.2) is 6.61 Å². The maximum Gasteiger partial charge on any atom is 0.456 e. The molecule has 200 valence electrons. The van der Waals surface area contributed by atoms with Crippen molar-refractivity contribution in [2.75, 3.05) is 6.61 Å². The van der Waals surface area contributed by atoms with E-state index >= 15 is 0 Å². The lowest BCUT2D eigenvalue weighted by Crippen LogP contribution is -2.53. The van der Waals surface area contributed by atoms with Gasteiger partial charge in [0.1, 0.15) is 5.60 Å². The monoisotopic (exact) mass is 502 g/mol. The summed E-state index contributed by atoms with van der Waals surface area (Å²) >= 11 is 0. The van der Waals surface area contributed by atoms with Gasteiger partial charge in [-0.15, -0.1) is 0 Å². The zero-order valence-corrected chi connectivity index (χ0v) is 21.0. The van der Waals surface area contributed by atoms with Gasteiger partial charge in [-0.25, -0.2) is 0 Å². The summed E-state index contributed by atoms with van der Waals surface area (Å²) in [4.78, 5) is 25.3. The van der Waals surface area contributed by atoms with Gasteiger partial charge in [-0.2, -0.15) is 22.0 Å². The van der Waals surface area contributed by atoms with Gasteiger partial charge >= 0.3 is 24.0 Å². The van der Waals surface area contributed by atoms with Crippen LogP contribution in [0, 0.1) is 16.7 Å². The van der Waals surface area contributed by atoms with Crippen LogP contribution in [0.3, 0.4) is 0 Å². The Labute approximate surface area is 198 Å². The van der Waals surface area contributed by atoms with E-state index in [2.05, 4.69) is 4.74 Å². The number of halogens is 5. The summed E-state index contributed by atoms with van der Waals surface area (Å²) in [6, 6.07) is 0. The van der Waals surface area contributed by atoms with Gasteiger partial charge in [0.25, 0.3) is 0 Å². The van der Waals surface area contributed by atoms with E-state index in [0.717, 1.165) is 6.42 Å². The van der Waals surface area contributed by atoms with Gasteiger partial charge in [0.2, 0.25) is 0 Å². The molecule has 1 fully saturated rings. The molecule has 0 aromatic heterocycles. The fraction of sp³-hybridized carbons (Fsp3) is 0.917. The van der Waals surface area contributed by atoms with Crippen molar-refractivity contribution in [1.82, 2.24) is 0 Å². The molecule has 0 aromatic carbocycles. The number of hydrogen-bond acceptors (Lipinski definition) is 5. The van der Waals surface area contributed by atoms with Gasteiger partial charge in [0, 0.05) is 6.42 Å². The summed E-state index contributed by atoms with van der Waals surface area (Å²) in [5.74, 6) is -6.70.